The molecule has 1 heterocycles. The van der Waals surface area contributed by atoms with Gasteiger partial charge >= 0.3 is 0 Å². The molecule has 0 amide bonds. The summed E-state index contributed by atoms with van der Waals surface area (Å²) >= 11 is 6.10. The Morgan fingerprint density at radius 1 is 1.10 bits per heavy atom. The van der Waals surface area contributed by atoms with E-state index >= 15 is 0 Å². The minimum atomic E-state index is 0.623. The lowest BCUT2D eigenvalue weighted by atomic mass is 10.1. The predicted octanol–water partition coefficient (Wildman–Crippen LogP) is 3.33. The molecule has 3 rings (SSSR count). The topological polar surface area (TPSA) is 24.5 Å². The molecule has 0 spiro atoms. The fourth-order valence-electron chi connectivity index (χ4n) is 2.59. The maximum atomic E-state index is 6.10. The van der Waals surface area contributed by atoms with Gasteiger partial charge in [0.1, 0.15) is 12.4 Å². The number of anilines is 1. The number of ether oxygens (including phenoxy) is 1. The van der Waals surface area contributed by atoms with E-state index in [2.05, 4.69) is 34.5 Å². The highest BCUT2D eigenvalue weighted by Gasteiger charge is 2.14. The van der Waals surface area contributed by atoms with Crippen molar-refractivity contribution >= 4 is 17.3 Å². The zero-order valence-corrected chi connectivity index (χ0v) is 12.6. The van der Waals surface area contributed by atoms with Gasteiger partial charge in [-0.3, -0.25) is 0 Å². The monoisotopic (exact) mass is 302 g/mol. The Kier molecular flexibility index (Phi) is 4.63. The number of fused-ring (bicyclic) bond motifs is 1. The molecule has 1 N–H and O–H groups in total. The molecule has 0 radical (unpaired) electrons. The van der Waals surface area contributed by atoms with E-state index in [0.29, 0.717) is 11.6 Å². The number of halogens is 1. The second-order valence-electron chi connectivity index (χ2n) is 5.07. The molecular formula is C17H19ClN2O. The summed E-state index contributed by atoms with van der Waals surface area (Å²) < 4.78 is 5.80. The fraction of sp³-hybridized carbons (Fsp3) is 0.294. The molecule has 1 aliphatic rings. The maximum absolute atomic E-state index is 6.10. The molecule has 4 heteroatoms. The summed E-state index contributed by atoms with van der Waals surface area (Å²) in [5, 5.41) is 4.11. The largest absolute Gasteiger partial charge is 0.490 e. The van der Waals surface area contributed by atoms with E-state index in [4.69, 9.17) is 16.3 Å². The zero-order valence-electron chi connectivity index (χ0n) is 11.9. The van der Waals surface area contributed by atoms with E-state index in [0.717, 1.165) is 31.9 Å². The lowest BCUT2D eigenvalue weighted by molar-refractivity contribution is 0.324. The standard InChI is InChI=1S/C17H19ClN2O/c18-15-6-2-4-8-17(15)21-12-11-20-10-9-19-13-14-5-1-3-7-16(14)20/h1-8,19H,9-13H2. The molecule has 0 aromatic heterocycles. The van der Waals surface area contributed by atoms with Gasteiger partial charge in [-0.05, 0) is 23.8 Å². The van der Waals surface area contributed by atoms with Gasteiger partial charge in [0.25, 0.3) is 0 Å². The molecule has 0 aliphatic carbocycles. The van der Waals surface area contributed by atoms with E-state index in [1.54, 1.807) is 0 Å². The van der Waals surface area contributed by atoms with Crippen LogP contribution in [0.3, 0.4) is 0 Å². The van der Waals surface area contributed by atoms with Crippen LogP contribution in [-0.4, -0.2) is 26.2 Å². The number of para-hydroxylation sites is 2. The van der Waals surface area contributed by atoms with Gasteiger partial charge in [-0.2, -0.15) is 0 Å². The first kappa shape index (κ1) is 14.2. The zero-order chi connectivity index (χ0) is 14.5. The van der Waals surface area contributed by atoms with Crippen molar-refractivity contribution in [3.8, 4) is 5.75 Å². The van der Waals surface area contributed by atoms with Gasteiger partial charge in [0, 0.05) is 25.3 Å². The maximum Gasteiger partial charge on any atom is 0.137 e. The van der Waals surface area contributed by atoms with Crippen molar-refractivity contribution in [1.29, 1.82) is 0 Å². The minimum Gasteiger partial charge on any atom is -0.490 e. The van der Waals surface area contributed by atoms with Gasteiger partial charge in [0.05, 0.1) is 11.6 Å². The van der Waals surface area contributed by atoms with Crippen LogP contribution in [0.1, 0.15) is 5.56 Å². The molecular weight excluding hydrogens is 284 g/mol. The summed E-state index contributed by atoms with van der Waals surface area (Å²) in [4.78, 5) is 2.37. The van der Waals surface area contributed by atoms with Crippen LogP contribution in [0.5, 0.6) is 5.75 Å². The summed E-state index contributed by atoms with van der Waals surface area (Å²) in [6.45, 7) is 4.38. The molecule has 0 saturated heterocycles. The van der Waals surface area contributed by atoms with Crippen LogP contribution in [0, 0.1) is 0 Å². The van der Waals surface area contributed by atoms with Gasteiger partial charge < -0.3 is 15.0 Å². The van der Waals surface area contributed by atoms with Crippen LogP contribution in [0.2, 0.25) is 5.02 Å². The lowest BCUT2D eigenvalue weighted by Crippen LogP contribution is -2.32. The Hall–Kier alpha value is -1.71. The van der Waals surface area contributed by atoms with Crippen molar-refractivity contribution in [2.75, 3.05) is 31.1 Å². The summed E-state index contributed by atoms with van der Waals surface area (Å²) in [5.74, 6) is 0.750. The fourth-order valence-corrected chi connectivity index (χ4v) is 2.78. The van der Waals surface area contributed by atoms with Crippen molar-refractivity contribution in [1.82, 2.24) is 5.32 Å². The number of hydrogen-bond acceptors (Lipinski definition) is 3. The molecule has 0 fully saturated rings. The highest BCUT2D eigenvalue weighted by atomic mass is 35.5. The first-order chi connectivity index (χ1) is 10.3. The summed E-state index contributed by atoms with van der Waals surface area (Å²) in [5.41, 5.74) is 2.64. The number of nitrogens with one attached hydrogen (secondary N) is 1. The molecule has 2 aromatic carbocycles. The van der Waals surface area contributed by atoms with E-state index in [-0.39, 0.29) is 0 Å². The van der Waals surface area contributed by atoms with Crippen molar-refractivity contribution in [3.05, 3.63) is 59.1 Å². The van der Waals surface area contributed by atoms with Crippen molar-refractivity contribution < 1.29 is 4.74 Å². The Morgan fingerprint density at radius 3 is 2.81 bits per heavy atom. The second kappa shape index (κ2) is 6.83. The Balaban J connectivity index is 1.64. The molecule has 1 aliphatic heterocycles. The Bertz CT molecular complexity index is 603. The molecule has 0 bridgehead atoms. The van der Waals surface area contributed by atoms with Gasteiger partial charge in [-0.1, -0.05) is 41.9 Å². The molecule has 2 aromatic rings. The second-order valence-corrected chi connectivity index (χ2v) is 5.48. The Morgan fingerprint density at radius 2 is 1.90 bits per heavy atom. The van der Waals surface area contributed by atoms with Gasteiger partial charge in [0.2, 0.25) is 0 Å². The SMILES string of the molecule is Clc1ccccc1OCCN1CCNCc2ccccc21. The number of hydrogen-bond donors (Lipinski definition) is 1. The van der Waals surface area contributed by atoms with Crippen LogP contribution in [0.15, 0.2) is 48.5 Å². The van der Waals surface area contributed by atoms with Crippen LogP contribution in [-0.2, 0) is 6.54 Å². The number of rotatable bonds is 4. The first-order valence-corrected chi connectivity index (χ1v) is 7.63. The van der Waals surface area contributed by atoms with Crippen molar-refractivity contribution in [2.24, 2.45) is 0 Å². The molecule has 0 saturated carbocycles. The normalized spacial score (nSPS) is 14.4. The van der Waals surface area contributed by atoms with Crippen molar-refractivity contribution in [2.45, 2.75) is 6.54 Å². The highest BCUT2D eigenvalue weighted by molar-refractivity contribution is 6.32. The van der Waals surface area contributed by atoms with Crippen LogP contribution < -0.4 is 15.0 Å². The molecule has 110 valence electrons. The van der Waals surface area contributed by atoms with E-state index in [1.165, 1.54) is 11.3 Å². The summed E-state index contributed by atoms with van der Waals surface area (Å²) in [6.07, 6.45) is 0. The van der Waals surface area contributed by atoms with E-state index in [1.807, 2.05) is 24.3 Å². The summed E-state index contributed by atoms with van der Waals surface area (Å²) in [7, 11) is 0. The van der Waals surface area contributed by atoms with Crippen LogP contribution >= 0.6 is 11.6 Å². The van der Waals surface area contributed by atoms with Crippen molar-refractivity contribution in [3.63, 3.8) is 0 Å². The molecule has 0 unspecified atom stereocenters. The average molecular weight is 303 g/mol. The van der Waals surface area contributed by atoms with Crippen LogP contribution in [0.4, 0.5) is 5.69 Å². The smallest absolute Gasteiger partial charge is 0.137 e. The number of benzene rings is 2. The van der Waals surface area contributed by atoms with Gasteiger partial charge in [0.15, 0.2) is 0 Å². The predicted molar refractivity (Wildman–Crippen MR) is 87.3 cm³/mol. The quantitative estimate of drug-likeness (QED) is 0.937. The lowest BCUT2D eigenvalue weighted by Gasteiger charge is -2.24. The average Bonchev–Trinajstić information content (AvgIpc) is 2.72. The third-order valence-corrected chi connectivity index (χ3v) is 3.97. The van der Waals surface area contributed by atoms with Gasteiger partial charge in [-0.15, -0.1) is 0 Å². The highest BCUT2D eigenvalue weighted by Crippen LogP contribution is 2.24. The van der Waals surface area contributed by atoms with E-state index in [9.17, 15) is 0 Å². The number of nitrogens with zero attached hydrogens (tertiary/aromatic N) is 1. The molecule has 21 heavy (non-hydrogen) atoms. The third kappa shape index (κ3) is 3.49. The molecule has 3 nitrogen and oxygen atoms in total. The van der Waals surface area contributed by atoms with Crippen LogP contribution in [0.25, 0.3) is 0 Å². The summed E-state index contributed by atoms with van der Waals surface area (Å²) in [6, 6.07) is 16.1. The van der Waals surface area contributed by atoms with Gasteiger partial charge in [-0.25, -0.2) is 0 Å². The Labute approximate surface area is 130 Å². The molecule has 0 atom stereocenters. The van der Waals surface area contributed by atoms with E-state index < -0.39 is 0 Å². The minimum absolute atomic E-state index is 0.623. The third-order valence-electron chi connectivity index (χ3n) is 3.66. The first-order valence-electron chi connectivity index (χ1n) is 7.25.